The zero-order valence-corrected chi connectivity index (χ0v) is 19.4. The summed E-state index contributed by atoms with van der Waals surface area (Å²) in [5.41, 5.74) is 1.05. The standard InChI is InChI=1S/C23H31N5O3S/c1-31-19-10-6-5-9-18(19)27-13-15-28(16-14-27)21(30)12-11-20(29)24-23-26-25-22(32-23)17-7-3-2-4-8-17/h5-6,9-10,17H,2-4,7-8,11-16H2,1H3,(H,24,26,29). The van der Waals surface area contributed by atoms with Gasteiger partial charge in [-0.2, -0.15) is 0 Å². The van der Waals surface area contributed by atoms with Crippen molar-refractivity contribution in [1.29, 1.82) is 0 Å². The first-order valence-electron chi connectivity index (χ1n) is 11.4. The van der Waals surface area contributed by atoms with E-state index in [2.05, 4.69) is 20.4 Å². The highest BCUT2D eigenvalue weighted by Gasteiger charge is 2.24. The van der Waals surface area contributed by atoms with Gasteiger partial charge < -0.3 is 19.9 Å². The van der Waals surface area contributed by atoms with Crippen molar-refractivity contribution in [1.82, 2.24) is 15.1 Å². The molecule has 8 nitrogen and oxygen atoms in total. The molecule has 0 bridgehead atoms. The molecule has 1 N–H and O–H groups in total. The number of hydrogen-bond acceptors (Lipinski definition) is 7. The van der Waals surface area contributed by atoms with Crippen molar-refractivity contribution >= 4 is 34.0 Å². The molecule has 2 fully saturated rings. The van der Waals surface area contributed by atoms with Crippen molar-refractivity contribution in [3.05, 3.63) is 29.3 Å². The molecule has 2 amide bonds. The van der Waals surface area contributed by atoms with Gasteiger partial charge in [0.15, 0.2) is 0 Å². The Morgan fingerprint density at radius 3 is 2.56 bits per heavy atom. The number of aromatic nitrogens is 2. The fraction of sp³-hybridized carbons (Fsp3) is 0.565. The van der Waals surface area contributed by atoms with E-state index in [1.165, 1.54) is 30.6 Å². The number of para-hydroxylation sites is 2. The van der Waals surface area contributed by atoms with E-state index in [0.29, 0.717) is 24.1 Å². The van der Waals surface area contributed by atoms with Crippen molar-refractivity contribution in [2.75, 3.05) is 43.5 Å². The van der Waals surface area contributed by atoms with Crippen LogP contribution in [0.1, 0.15) is 55.9 Å². The minimum atomic E-state index is -0.183. The van der Waals surface area contributed by atoms with Gasteiger partial charge in [-0.3, -0.25) is 9.59 Å². The summed E-state index contributed by atoms with van der Waals surface area (Å²) >= 11 is 1.47. The maximum atomic E-state index is 12.6. The highest BCUT2D eigenvalue weighted by molar-refractivity contribution is 7.15. The van der Waals surface area contributed by atoms with Crippen molar-refractivity contribution in [2.45, 2.75) is 50.9 Å². The normalized spacial score (nSPS) is 17.3. The molecule has 1 aromatic carbocycles. The first kappa shape index (κ1) is 22.5. The molecular weight excluding hydrogens is 426 g/mol. The van der Waals surface area contributed by atoms with E-state index >= 15 is 0 Å². The second-order valence-corrected chi connectivity index (χ2v) is 9.38. The third kappa shape index (κ3) is 5.56. The zero-order chi connectivity index (χ0) is 22.3. The van der Waals surface area contributed by atoms with Gasteiger partial charge in [0.2, 0.25) is 16.9 Å². The first-order chi connectivity index (χ1) is 15.6. The molecule has 172 valence electrons. The average molecular weight is 458 g/mol. The number of anilines is 2. The Kier molecular flexibility index (Phi) is 7.57. The van der Waals surface area contributed by atoms with Crippen LogP contribution in [0.15, 0.2) is 24.3 Å². The predicted octanol–water partition coefficient (Wildman–Crippen LogP) is 3.66. The number of piperazine rings is 1. The third-order valence-electron chi connectivity index (χ3n) is 6.27. The third-order valence-corrected chi connectivity index (χ3v) is 7.27. The Morgan fingerprint density at radius 2 is 1.81 bits per heavy atom. The van der Waals surface area contributed by atoms with Gasteiger partial charge >= 0.3 is 0 Å². The summed E-state index contributed by atoms with van der Waals surface area (Å²) < 4.78 is 5.45. The van der Waals surface area contributed by atoms with Crippen LogP contribution in [0.2, 0.25) is 0 Å². The molecule has 1 saturated carbocycles. The molecule has 1 aliphatic heterocycles. The molecule has 32 heavy (non-hydrogen) atoms. The lowest BCUT2D eigenvalue weighted by atomic mass is 9.90. The number of nitrogens with zero attached hydrogens (tertiary/aromatic N) is 4. The number of nitrogens with one attached hydrogen (secondary N) is 1. The Bertz CT molecular complexity index is 920. The van der Waals surface area contributed by atoms with Crippen LogP contribution >= 0.6 is 11.3 Å². The van der Waals surface area contributed by atoms with Crippen LogP contribution in [-0.2, 0) is 9.59 Å². The van der Waals surface area contributed by atoms with Crippen LogP contribution in [0.3, 0.4) is 0 Å². The Balaban J connectivity index is 1.20. The fourth-order valence-electron chi connectivity index (χ4n) is 4.45. The lowest BCUT2D eigenvalue weighted by molar-refractivity contribution is -0.133. The number of hydrogen-bond donors (Lipinski definition) is 1. The van der Waals surface area contributed by atoms with Crippen LogP contribution in [0.4, 0.5) is 10.8 Å². The van der Waals surface area contributed by atoms with E-state index in [1.54, 1.807) is 7.11 Å². The van der Waals surface area contributed by atoms with Gasteiger partial charge in [-0.1, -0.05) is 42.7 Å². The number of ether oxygens (including phenoxy) is 1. The number of carbonyl (C=O) groups excluding carboxylic acids is 2. The molecule has 0 unspecified atom stereocenters. The van der Waals surface area contributed by atoms with Crippen molar-refractivity contribution in [2.24, 2.45) is 0 Å². The SMILES string of the molecule is COc1ccccc1N1CCN(C(=O)CCC(=O)Nc2nnc(C3CCCCC3)s2)CC1. The highest BCUT2D eigenvalue weighted by Crippen LogP contribution is 2.35. The van der Waals surface area contributed by atoms with Crippen LogP contribution in [-0.4, -0.2) is 60.2 Å². The van der Waals surface area contributed by atoms with E-state index < -0.39 is 0 Å². The van der Waals surface area contributed by atoms with Gasteiger partial charge in [0.05, 0.1) is 12.8 Å². The molecule has 2 aliphatic rings. The van der Waals surface area contributed by atoms with Crippen LogP contribution in [0.25, 0.3) is 0 Å². The predicted molar refractivity (Wildman–Crippen MR) is 125 cm³/mol. The number of carbonyl (C=O) groups is 2. The average Bonchev–Trinajstić information content (AvgIpc) is 3.31. The molecule has 9 heteroatoms. The topological polar surface area (TPSA) is 87.7 Å². The van der Waals surface area contributed by atoms with E-state index in [9.17, 15) is 9.59 Å². The summed E-state index contributed by atoms with van der Waals surface area (Å²) in [4.78, 5) is 29.0. The number of amides is 2. The summed E-state index contributed by atoms with van der Waals surface area (Å²) in [5.74, 6) is 1.15. The molecule has 1 saturated heterocycles. The fourth-order valence-corrected chi connectivity index (χ4v) is 5.38. The van der Waals surface area contributed by atoms with Crippen molar-refractivity contribution in [3.8, 4) is 5.75 Å². The summed E-state index contributed by atoms with van der Waals surface area (Å²) in [6, 6.07) is 7.92. The summed E-state index contributed by atoms with van der Waals surface area (Å²) in [6.45, 7) is 2.76. The second-order valence-electron chi connectivity index (χ2n) is 8.37. The molecule has 4 rings (SSSR count). The van der Waals surface area contributed by atoms with E-state index in [-0.39, 0.29) is 24.7 Å². The van der Waals surface area contributed by atoms with Crippen LogP contribution in [0.5, 0.6) is 5.75 Å². The van der Waals surface area contributed by atoms with Gasteiger partial charge in [0.1, 0.15) is 10.8 Å². The summed E-state index contributed by atoms with van der Waals surface area (Å²) in [7, 11) is 1.67. The molecule has 1 aromatic heterocycles. The maximum absolute atomic E-state index is 12.6. The Morgan fingerprint density at radius 1 is 1.06 bits per heavy atom. The van der Waals surface area contributed by atoms with E-state index in [0.717, 1.165) is 42.4 Å². The lowest BCUT2D eigenvalue weighted by Gasteiger charge is -2.36. The molecule has 2 heterocycles. The minimum absolute atomic E-state index is 0.0139. The molecule has 0 spiro atoms. The summed E-state index contributed by atoms with van der Waals surface area (Å²) in [5, 5.41) is 12.8. The van der Waals surface area contributed by atoms with Gasteiger partial charge in [0.25, 0.3) is 0 Å². The quantitative estimate of drug-likeness (QED) is 0.683. The Hall–Kier alpha value is -2.68. The first-order valence-corrected chi connectivity index (χ1v) is 12.2. The van der Waals surface area contributed by atoms with Gasteiger partial charge in [-0.05, 0) is 25.0 Å². The molecule has 1 aliphatic carbocycles. The number of methoxy groups -OCH3 is 1. The lowest BCUT2D eigenvalue weighted by Crippen LogP contribution is -2.49. The highest BCUT2D eigenvalue weighted by atomic mass is 32.1. The molecule has 2 aromatic rings. The van der Waals surface area contributed by atoms with Gasteiger partial charge in [0, 0.05) is 44.9 Å². The van der Waals surface area contributed by atoms with Crippen molar-refractivity contribution < 1.29 is 14.3 Å². The monoisotopic (exact) mass is 457 g/mol. The molecular formula is C23H31N5O3S. The summed E-state index contributed by atoms with van der Waals surface area (Å²) in [6.07, 6.45) is 6.44. The number of benzene rings is 1. The van der Waals surface area contributed by atoms with Crippen LogP contribution in [0, 0.1) is 0 Å². The molecule has 0 atom stereocenters. The largest absolute Gasteiger partial charge is 0.495 e. The second kappa shape index (κ2) is 10.8. The molecule has 0 radical (unpaired) electrons. The number of rotatable bonds is 7. The van der Waals surface area contributed by atoms with E-state index in [4.69, 9.17) is 4.74 Å². The van der Waals surface area contributed by atoms with E-state index in [1.807, 2.05) is 29.2 Å². The minimum Gasteiger partial charge on any atom is -0.495 e. The van der Waals surface area contributed by atoms with Gasteiger partial charge in [-0.25, -0.2) is 0 Å². The zero-order valence-electron chi connectivity index (χ0n) is 18.6. The smallest absolute Gasteiger partial charge is 0.226 e. The Labute approximate surface area is 193 Å². The van der Waals surface area contributed by atoms with Gasteiger partial charge in [-0.15, -0.1) is 10.2 Å². The maximum Gasteiger partial charge on any atom is 0.226 e. The van der Waals surface area contributed by atoms with Crippen molar-refractivity contribution in [3.63, 3.8) is 0 Å². The van der Waals surface area contributed by atoms with Crippen LogP contribution < -0.4 is 15.0 Å².